The minimum atomic E-state index is -0.727. The van der Waals surface area contributed by atoms with Crippen molar-refractivity contribution in [1.82, 2.24) is 4.57 Å². The van der Waals surface area contributed by atoms with Crippen molar-refractivity contribution in [3.05, 3.63) is 117 Å². The van der Waals surface area contributed by atoms with E-state index in [4.69, 9.17) is 42.1 Å². The highest BCUT2D eigenvalue weighted by atomic mass is 79.9. The van der Waals surface area contributed by atoms with E-state index in [0.717, 1.165) is 11.1 Å². The maximum Gasteiger partial charge on any atom is 0.338 e. The minimum Gasteiger partial charge on any atom is -0.497 e. The summed E-state index contributed by atoms with van der Waals surface area (Å²) in [5.41, 5.74) is 2.68. The predicted molar refractivity (Wildman–Crippen MR) is 175 cm³/mol. The van der Waals surface area contributed by atoms with E-state index in [-0.39, 0.29) is 18.8 Å². The van der Waals surface area contributed by atoms with E-state index in [1.807, 2.05) is 18.2 Å². The van der Waals surface area contributed by atoms with Crippen molar-refractivity contribution < 1.29 is 23.7 Å². The zero-order chi connectivity index (χ0) is 31.5. The van der Waals surface area contributed by atoms with Crippen LogP contribution in [0.1, 0.15) is 36.6 Å². The van der Waals surface area contributed by atoms with Crippen molar-refractivity contribution in [1.29, 1.82) is 0 Å². The van der Waals surface area contributed by atoms with E-state index >= 15 is 0 Å². The molecule has 0 spiro atoms. The molecule has 1 aliphatic heterocycles. The Morgan fingerprint density at radius 3 is 2.50 bits per heavy atom. The Balaban J connectivity index is 1.56. The first-order valence-electron chi connectivity index (χ1n) is 13.4. The molecule has 12 heteroatoms. The number of esters is 1. The molecule has 0 aliphatic carbocycles. The second-order valence-electron chi connectivity index (χ2n) is 9.63. The molecule has 228 valence electrons. The number of allylic oxidation sites excluding steroid dienone is 1. The molecule has 1 aliphatic rings. The van der Waals surface area contributed by atoms with Gasteiger partial charge < -0.3 is 18.9 Å². The number of carbonyl (C=O) groups excluding carboxylic acids is 1. The molecule has 0 fully saturated rings. The van der Waals surface area contributed by atoms with E-state index in [9.17, 15) is 9.59 Å². The smallest absolute Gasteiger partial charge is 0.338 e. The van der Waals surface area contributed by atoms with E-state index in [2.05, 4.69) is 20.9 Å². The van der Waals surface area contributed by atoms with Gasteiger partial charge in [-0.25, -0.2) is 9.79 Å². The summed E-state index contributed by atoms with van der Waals surface area (Å²) in [5.74, 6) is 1.07. The second kappa shape index (κ2) is 13.6. The van der Waals surface area contributed by atoms with Crippen LogP contribution in [0.5, 0.6) is 17.2 Å². The third-order valence-electron chi connectivity index (χ3n) is 6.89. The van der Waals surface area contributed by atoms with Crippen LogP contribution in [0, 0.1) is 0 Å². The fourth-order valence-electron chi connectivity index (χ4n) is 4.80. The van der Waals surface area contributed by atoms with Crippen LogP contribution in [0.25, 0.3) is 6.08 Å². The molecule has 0 amide bonds. The predicted octanol–water partition coefficient (Wildman–Crippen LogP) is 6.46. The highest BCUT2D eigenvalue weighted by Gasteiger charge is 2.33. The van der Waals surface area contributed by atoms with Gasteiger partial charge in [0.2, 0.25) is 0 Å². The number of benzene rings is 3. The number of aromatic nitrogens is 1. The van der Waals surface area contributed by atoms with Crippen LogP contribution in [0.4, 0.5) is 0 Å². The lowest BCUT2D eigenvalue weighted by Gasteiger charge is -2.24. The largest absolute Gasteiger partial charge is 0.497 e. The molecule has 3 aromatic carbocycles. The molecular formula is C32H27BrCl2N2O6S. The summed E-state index contributed by atoms with van der Waals surface area (Å²) in [6, 6.07) is 15.3. The van der Waals surface area contributed by atoms with Crippen LogP contribution >= 0.6 is 50.5 Å². The lowest BCUT2D eigenvalue weighted by molar-refractivity contribution is -0.139. The van der Waals surface area contributed by atoms with E-state index in [1.165, 1.54) is 23.0 Å². The molecule has 8 nitrogen and oxygen atoms in total. The van der Waals surface area contributed by atoms with E-state index in [0.29, 0.717) is 57.9 Å². The molecule has 0 radical (unpaired) electrons. The molecule has 0 bridgehead atoms. The van der Waals surface area contributed by atoms with Crippen molar-refractivity contribution in [3.8, 4) is 17.2 Å². The van der Waals surface area contributed by atoms with Gasteiger partial charge in [0.1, 0.15) is 12.4 Å². The Labute approximate surface area is 275 Å². The van der Waals surface area contributed by atoms with Gasteiger partial charge in [0.15, 0.2) is 16.3 Å². The molecule has 5 rings (SSSR count). The number of hydrogen-bond donors (Lipinski definition) is 0. The van der Waals surface area contributed by atoms with Gasteiger partial charge >= 0.3 is 5.97 Å². The maximum absolute atomic E-state index is 14.0. The Kier molecular flexibility index (Phi) is 9.84. The van der Waals surface area contributed by atoms with Gasteiger partial charge in [-0.2, -0.15) is 0 Å². The molecule has 4 aromatic rings. The molecule has 0 saturated carbocycles. The minimum absolute atomic E-state index is 0.191. The molecule has 0 saturated heterocycles. The molecular weight excluding hydrogens is 691 g/mol. The van der Waals surface area contributed by atoms with Crippen LogP contribution in [-0.2, 0) is 16.1 Å². The topological polar surface area (TPSA) is 88.4 Å². The average molecular weight is 718 g/mol. The Morgan fingerprint density at radius 2 is 1.84 bits per heavy atom. The highest BCUT2D eigenvalue weighted by Crippen LogP contribution is 2.38. The monoisotopic (exact) mass is 716 g/mol. The van der Waals surface area contributed by atoms with Crippen LogP contribution in [0.15, 0.2) is 80.1 Å². The first-order valence-corrected chi connectivity index (χ1v) is 15.8. The first kappa shape index (κ1) is 31.8. The average Bonchev–Trinajstić information content (AvgIpc) is 3.30. The molecule has 1 atom stereocenters. The highest BCUT2D eigenvalue weighted by molar-refractivity contribution is 9.10. The zero-order valence-electron chi connectivity index (χ0n) is 24.2. The fourth-order valence-corrected chi connectivity index (χ4v) is 6.88. The third kappa shape index (κ3) is 6.44. The lowest BCUT2D eigenvalue weighted by Crippen LogP contribution is -2.39. The summed E-state index contributed by atoms with van der Waals surface area (Å²) in [6.07, 6.45) is 1.76. The number of halogens is 3. The van der Waals surface area contributed by atoms with Gasteiger partial charge in [-0.15, -0.1) is 0 Å². The van der Waals surface area contributed by atoms with Crippen molar-refractivity contribution in [2.75, 3.05) is 20.8 Å². The molecule has 1 aromatic heterocycles. The molecule has 0 N–H and O–H groups in total. The molecule has 0 unspecified atom stereocenters. The Morgan fingerprint density at radius 1 is 1.09 bits per heavy atom. The van der Waals surface area contributed by atoms with E-state index in [1.54, 1.807) is 63.4 Å². The summed E-state index contributed by atoms with van der Waals surface area (Å²) in [7, 11) is 3.11. The van der Waals surface area contributed by atoms with Crippen molar-refractivity contribution in [3.63, 3.8) is 0 Å². The Bertz CT molecular complexity index is 1950. The fraction of sp³-hybridized carbons (Fsp3) is 0.219. The van der Waals surface area contributed by atoms with Crippen LogP contribution in [0.3, 0.4) is 0 Å². The van der Waals surface area contributed by atoms with Crippen LogP contribution in [0.2, 0.25) is 10.0 Å². The summed E-state index contributed by atoms with van der Waals surface area (Å²) >= 11 is 17.1. The number of thiazole rings is 1. The number of fused-ring (bicyclic) bond motifs is 1. The number of nitrogens with zero attached hydrogens (tertiary/aromatic N) is 2. The summed E-state index contributed by atoms with van der Waals surface area (Å²) < 4.78 is 25.0. The number of ether oxygens (including phenoxy) is 4. The maximum atomic E-state index is 14.0. The third-order valence-corrected chi connectivity index (χ3v) is 9.04. The molecule has 2 heterocycles. The van der Waals surface area contributed by atoms with Gasteiger partial charge in [0.05, 0.1) is 47.1 Å². The van der Waals surface area contributed by atoms with Gasteiger partial charge in [-0.3, -0.25) is 9.36 Å². The van der Waals surface area contributed by atoms with Gasteiger partial charge in [0.25, 0.3) is 5.56 Å². The number of methoxy groups -OCH3 is 2. The summed E-state index contributed by atoms with van der Waals surface area (Å²) in [6.45, 7) is 3.87. The van der Waals surface area contributed by atoms with Crippen molar-refractivity contribution in [2.24, 2.45) is 4.99 Å². The molecule has 44 heavy (non-hydrogen) atoms. The number of rotatable bonds is 9. The standard InChI is InChI=1S/C32H27BrCl2N2O6S/c1-5-42-31(39)27-17(2)36-32-37(28(27)19-7-10-22(40-3)11-8-19)30(38)26(44-32)14-18-12-23(33)29(25(13-18)41-4)43-16-20-6-9-21(34)15-24(20)35/h6-15,28H,5,16H2,1-4H3/b26-14-/t28-/m1/s1. The van der Waals surface area contributed by atoms with Crippen molar-refractivity contribution in [2.45, 2.75) is 26.5 Å². The summed E-state index contributed by atoms with van der Waals surface area (Å²) in [5, 5.41) is 1.03. The van der Waals surface area contributed by atoms with Crippen LogP contribution < -0.4 is 29.1 Å². The summed E-state index contributed by atoms with van der Waals surface area (Å²) in [4.78, 5) is 32.2. The van der Waals surface area contributed by atoms with Gasteiger partial charge in [-0.1, -0.05) is 52.7 Å². The van der Waals surface area contributed by atoms with Gasteiger partial charge in [0, 0.05) is 15.6 Å². The quantitative estimate of drug-likeness (QED) is 0.185. The zero-order valence-corrected chi connectivity index (χ0v) is 28.1. The Hall–Kier alpha value is -3.57. The van der Waals surface area contributed by atoms with E-state index < -0.39 is 12.0 Å². The number of carbonyl (C=O) groups is 1. The second-order valence-corrected chi connectivity index (χ2v) is 12.3. The number of hydrogen-bond acceptors (Lipinski definition) is 8. The SMILES string of the molecule is CCOC(=O)C1=C(C)N=c2s/c(=C\c3cc(Br)c(OCc4ccc(Cl)cc4Cl)c(OC)c3)c(=O)n2[C@@H]1c1ccc(OC)cc1. The van der Waals surface area contributed by atoms with Crippen molar-refractivity contribution >= 4 is 62.5 Å². The normalized spacial score (nSPS) is 14.6. The first-order chi connectivity index (χ1) is 21.1. The van der Waals surface area contributed by atoms with Gasteiger partial charge in [-0.05, 0) is 83.4 Å². The van der Waals surface area contributed by atoms with Crippen LogP contribution in [-0.4, -0.2) is 31.4 Å². The lowest BCUT2D eigenvalue weighted by atomic mass is 9.96.